The van der Waals surface area contributed by atoms with Gasteiger partial charge >= 0.3 is 0 Å². The van der Waals surface area contributed by atoms with E-state index in [1.54, 1.807) is 12.4 Å². The molecule has 3 nitrogen and oxygen atoms in total. The minimum atomic E-state index is 0.372. The summed E-state index contributed by atoms with van der Waals surface area (Å²) in [6.07, 6.45) is 5.79. The standard InChI is InChI=1S/C26H27N3/c1-18(2)22-16-21(26-27-13-9-14-28-26)17-23(19(3)4)25(22)29-15-8-12-24(29)20-10-6-5-7-11-20/h5-19H,1-4H3. The molecule has 0 bridgehead atoms. The first-order chi connectivity index (χ1) is 14.1. The Morgan fingerprint density at radius 2 is 1.31 bits per heavy atom. The van der Waals surface area contributed by atoms with E-state index in [0.717, 1.165) is 11.4 Å². The van der Waals surface area contributed by atoms with E-state index in [2.05, 4.69) is 103 Å². The minimum absolute atomic E-state index is 0.372. The van der Waals surface area contributed by atoms with Gasteiger partial charge in [-0.15, -0.1) is 0 Å². The summed E-state index contributed by atoms with van der Waals surface area (Å²) in [5, 5.41) is 0. The Kier molecular flexibility index (Phi) is 5.30. The van der Waals surface area contributed by atoms with Crippen LogP contribution in [0.2, 0.25) is 0 Å². The first-order valence-corrected chi connectivity index (χ1v) is 10.2. The van der Waals surface area contributed by atoms with Crippen LogP contribution in [0.15, 0.2) is 79.3 Å². The van der Waals surface area contributed by atoms with E-state index in [4.69, 9.17) is 0 Å². The van der Waals surface area contributed by atoms with Gasteiger partial charge in [0.05, 0.1) is 11.4 Å². The topological polar surface area (TPSA) is 30.7 Å². The zero-order chi connectivity index (χ0) is 20.4. The maximum absolute atomic E-state index is 4.49. The molecule has 2 aromatic heterocycles. The molecule has 2 aromatic carbocycles. The van der Waals surface area contributed by atoms with Crippen molar-refractivity contribution in [2.45, 2.75) is 39.5 Å². The monoisotopic (exact) mass is 381 g/mol. The average Bonchev–Trinajstić information content (AvgIpc) is 3.23. The van der Waals surface area contributed by atoms with Crippen molar-refractivity contribution in [2.24, 2.45) is 0 Å². The quantitative estimate of drug-likeness (QED) is 0.378. The predicted molar refractivity (Wildman–Crippen MR) is 120 cm³/mol. The minimum Gasteiger partial charge on any atom is -0.316 e. The fourth-order valence-corrected chi connectivity index (χ4v) is 3.84. The molecule has 0 radical (unpaired) electrons. The fraction of sp³-hybridized carbons (Fsp3) is 0.231. The molecule has 0 amide bonds. The molecule has 0 aliphatic rings. The second kappa shape index (κ2) is 8.04. The Hall–Kier alpha value is -3.20. The van der Waals surface area contributed by atoms with Crippen LogP contribution in [0.4, 0.5) is 0 Å². The van der Waals surface area contributed by atoms with Crippen LogP contribution in [0.3, 0.4) is 0 Å². The Morgan fingerprint density at radius 1 is 0.690 bits per heavy atom. The van der Waals surface area contributed by atoms with Gasteiger partial charge in [0.2, 0.25) is 0 Å². The average molecular weight is 382 g/mol. The van der Waals surface area contributed by atoms with Crippen LogP contribution in [0, 0.1) is 0 Å². The van der Waals surface area contributed by atoms with Gasteiger partial charge in [-0.1, -0.05) is 58.0 Å². The third-order valence-corrected chi connectivity index (χ3v) is 5.30. The lowest BCUT2D eigenvalue weighted by Crippen LogP contribution is -2.08. The molecule has 29 heavy (non-hydrogen) atoms. The highest BCUT2D eigenvalue weighted by Gasteiger charge is 2.20. The summed E-state index contributed by atoms with van der Waals surface area (Å²) in [6, 6.07) is 21.3. The van der Waals surface area contributed by atoms with Crippen molar-refractivity contribution in [3.63, 3.8) is 0 Å². The molecular weight excluding hydrogens is 354 g/mol. The van der Waals surface area contributed by atoms with Gasteiger partial charge in [-0.3, -0.25) is 0 Å². The van der Waals surface area contributed by atoms with Gasteiger partial charge in [-0.25, -0.2) is 9.97 Å². The molecule has 0 unspecified atom stereocenters. The smallest absolute Gasteiger partial charge is 0.159 e. The predicted octanol–water partition coefficient (Wildman–Crippen LogP) is 6.85. The third-order valence-electron chi connectivity index (χ3n) is 5.30. The zero-order valence-electron chi connectivity index (χ0n) is 17.5. The van der Waals surface area contributed by atoms with Crippen molar-refractivity contribution in [2.75, 3.05) is 0 Å². The van der Waals surface area contributed by atoms with Crippen LogP contribution in [0.25, 0.3) is 28.3 Å². The van der Waals surface area contributed by atoms with Crippen molar-refractivity contribution < 1.29 is 0 Å². The van der Waals surface area contributed by atoms with E-state index in [-0.39, 0.29) is 0 Å². The number of hydrogen-bond acceptors (Lipinski definition) is 2. The summed E-state index contributed by atoms with van der Waals surface area (Å²) < 4.78 is 2.34. The van der Waals surface area contributed by atoms with Gasteiger partial charge in [-0.2, -0.15) is 0 Å². The molecule has 2 heterocycles. The van der Waals surface area contributed by atoms with Crippen LogP contribution in [-0.4, -0.2) is 14.5 Å². The molecule has 0 aliphatic carbocycles. The summed E-state index contributed by atoms with van der Waals surface area (Å²) in [5.41, 5.74) is 7.41. The van der Waals surface area contributed by atoms with Gasteiger partial charge in [0, 0.05) is 24.2 Å². The van der Waals surface area contributed by atoms with Gasteiger partial charge < -0.3 is 4.57 Å². The molecule has 0 atom stereocenters. The molecule has 4 rings (SSSR count). The van der Waals surface area contributed by atoms with Gasteiger partial charge in [0.1, 0.15) is 0 Å². The van der Waals surface area contributed by atoms with E-state index >= 15 is 0 Å². The summed E-state index contributed by atoms with van der Waals surface area (Å²) in [5.74, 6) is 1.52. The molecule has 4 aromatic rings. The fourth-order valence-electron chi connectivity index (χ4n) is 3.84. The Morgan fingerprint density at radius 3 is 1.90 bits per heavy atom. The van der Waals surface area contributed by atoms with Crippen LogP contribution in [0.1, 0.15) is 50.7 Å². The van der Waals surface area contributed by atoms with Crippen molar-refractivity contribution in [1.29, 1.82) is 0 Å². The van der Waals surface area contributed by atoms with Gasteiger partial charge in [0.25, 0.3) is 0 Å². The summed E-state index contributed by atoms with van der Waals surface area (Å²) in [4.78, 5) is 8.98. The second-order valence-corrected chi connectivity index (χ2v) is 8.01. The Labute approximate surface area is 173 Å². The van der Waals surface area contributed by atoms with E-state index in [1.165, 1.54) is 28.1 Å². The second-order valence-electron chi connectivity index (χ2n) is 8.01. The van der Waals surface area contributed by atoms with E-state index < -0.39 is 0 Å². The van der Waals surface area contributed by atoms with Crippen LogP contribution in [0.5, 0.6) is 0 Å². The van der Waals surface area contributed by atoms with E-state index in [1.807, 2.05) is 6.07 Å². The van der Waals surface area contributed by atoms with Crippen molar-refractivity contribution >= 4 is 0 Å². The normalized spacial score (nSPS) is 11.4. The van der Waals surface area contributed by atoms with Gasteiger partial charge in [0.15, 0.2) is 5.82 Å². The first-order valence-electron chi connectivity index (χ1n) is 10.2. The number of nitrogens with zero attached hydrogens (tertiary/aromatic N) is 3. The SMILES string of the molecule is CC(C)c1cc(-c2ncccn2)cc(C(C)C)c1-n1cccc1-c1ccccc1. The number of rotatable bonds is 5. The van der Waals surface area contributed by atoms with Crippen molar-refractivity contribution in [3.8, 4) is 28.3 Å². The number of benzene rings is 2. The van der Waals surface area contributed by atoms with Crippen molar-refractivity contribution in [1.82, 2.24) is 14.5 Å². The highest BCUT2D eigenvalue weighted by atomic mass is 15.0. The maximum Gasteiger partial charge on any atom is 0.159 e. The molecule has 0 saturated heterocycles. The molecule has 0 saturated carbocycles. The first kappa shape index (κ1) is 19.1. The van der Waals surface area contributed by atoms with E-state index in [0.29, 0.717) is 11.8 Å². The lowest BCUT2D eigenvalue weighted by Gasteiger charge is -2.24. The molecule has 0 aliphatic heterocycles. The molecular formula is C26H27N3. The van der Waals surface area contributed by atoms with Crippen LogP contribution < -0.4 is 0 Å². The maximum atomic E-state index is 4.49. The Bertz CT molecular complexity index is 1060. The summed E-state index contributed by atoms with van der Waals surface area (Å²) >= 11 is 0. The van der Waals surface area contributed by atoms with Crippen LogP contribution >= 0.6 is 0 Å². The highest BCUT2D eigenvalue weighted by molar-refractivity contribution is 5.69. The van der Waals surface area contributed by atoms with E-state index in [9.17, 15) is 0 Å². The molecule has 0 fully saturated rings. The largest absolute Gasteiger partial charge is 0.316 e. The van der Waals surface area contributed by atoms with Gasteiger partial charge in [-0.05, 0) is 58.9 Å². The highest BCUT2D eigenvalue weighted by Crippen LogP contribution is 2.37. The summed E-state index contributed by atoms with van der Waals surface area (Å²) in [7, 11) is 0. The Balaban J connectivity index is 1.98. The van der Waals surface area contributed by atoms with Crippen LogP contribution in [-0.2, 0) is 0 Å². The molecule has 0 spiro atoms. The zero-order valence-corrected chi connectivity index (χ0v) is 17.5. The van der Waals surface area contributed by atoms with Crippen molar-refractivity contribution in [3.05, 3.63) is 90.4 Å². The number of hydrogen-bond donors (Lipinski definition) is 0. The molecule has 0 N–H and O–H groups in total. The lowest BCUT2D eigenvalue weighted by atomic mass is 9.89. The summed E-state index contributed by atoms with van der Waals surface area (Å²) in [6.45, 7) is 9.02. The number of aromatic nitrogens is 3. The lowest BCUT2D eigenvalue weighted by molar-refractivity contribution is 0.808. The third kappa shape index (κ3) is 3.73. The molecule has 3 heteroatoms. The molecule has 146 valence electrons.